The van der Waals surface area contributed by atoms with E-state index in [9.17, 15) is 21.6 Å². The van der Waals surface area contributed by atoms with Gasteiger partial charge in [-0.1, -0.05) is 23.2 Å². The van der Waals surface area contributed by atoms with Crippen LogP contribution in [-0.2, 0) is 10.0 Å². The monoisotopic (exact) mass is 464 g/mol. The molecule has 4 nitrogen and oxygen atoms in total. The van der Waals surface area contributed by atoms with E-state index in [0.717, 1.165) is 17.8 Å². The highest BCUT2D eigenvalue weighted by molar-refractivity contribution is 7.91. The van der Waals surface area contributed by atoms with E-state index in [-0.39, 0.29) is 38.5 Å². The second kappa shape index (κ2) is 7.99. The zero-order chi connectivity index (χ0) is 20.0. The number of piperidine rings is 1. The van der Waals surface area contributed by atoms with Gasteiger partial charge in [0.05, 0.1) is 10.9 Å². The Morgan fingerprint density at radius 3 is 2.33 bits per heavy atom. The number of alkyl halides is 3. The number of thiophene rings is 1. The van der Waals surface area contributed by atoms with Crippen LogP contribution in [0.25, 0.3) is 0 Å². The van der Waals surface area contributed by atoms with Crippen molar-refractivity contribution >= 4 is 44.6 Å². The van der Waals surface area contributed by atoms with E-state index in [1.54, 1.807) is 7.05 Å². The van der Waals surface area contributed by atoms with Crippen molar-refractivity contribution in [1.82, 2.24) is 9.21 Å². The normalized spacial score (nSPS) is 26.2. The van der Waals surface area contributed by atoms with Crippen LogP contribution < -0.4 is 0 Å². The van der Waals surface area contributed by atoms with Crippen LogP contribution in [0.3, 0.4) is 0 Å². The van der Waals surface area contributed by atoms with E-state index in [1.165, 1.54) is 10.4 Å². The first-order chi connectivity index (χ1) is 12.5. The summed E-state index contributed by atoms with van der Waals surface area (Å²) in [5.74, 6) is -1.22. The summed E-state index contributed by atoms with van der Waals surface area (Å²) in [5, 5.41) is 0.213. The standard InChI is InChI=1S/C16H21Cl2F3N2O2S2/c1-22(27(24,25)14-9-13(17)15(18)26-14)11-2-3-12(8-11)23-6-4-10(5-7-23)16(19,20)21/h9-12H,2-8H2,1H3. The number of hydrogen-bond acceptors (Lipinski definition) is 4. The molecule has 0 N–H and O–H groups in total. The summed E-state index contributed by atoms with van der Waals surface area (Å²) in [6.07, 6.45) is -1.79. The Morgan fingerprint density at radius 2 is 1.81 bits per heavy atom. The maximum absolute atomic E-state index is 12.8. The Bertz CT molecular complexity index is 758. The molecule has 0 amide bonds. The number of rotatable bonds is 4. The second-order valence-electron chi connectivity index (χ2n) is 7.18. The Hall–Kier alpha value is -0.0600. The fourth-order valence-electron chi connectivity index (χ4n) is 3.98. The summed E-state index contributed by atoms with van der Waals surface area (Å²) >= 11 is 12.7. The molecule has 0 aromatic carbocycles. The maximum atomic E-state index is 12.8. The van der Waals surface area contributed by atoms with Crippen LogP contribution in [0.4, 0.5) is 13.2 Å². The van der Waals surface area contributed by atoms with Crippen molar-refractivity contribution in [3.05, 3.63) is 15.4 Å². The van der Waals surface area contributed by atoms with Gasteiger partial charge in [0.15, 0.2) is 0 Å². The van der Waals surface area contributed by atoms with Gasteiger partial charge >= 0.3 is 6.18 Å². The smallest absolute Gasteiger partial charge is 0.300 e. The Labute approximate surface area is 171 Å². The third-order valence-electron chi connectivity index (χ3n) is 5.66. The molecule has 2 aliphatic rings. The van der Waals surface area contributed by atoms with E-state index >= 15 is 0 Å². The first-order valence-electron chi connectivity index (χ1n) is 8.73. The van der Waals surface area contributed by atoms with Crippen LogP contribution in [0, 0.1) is 5.92 Å². The summed E-state index contributed by atoms with van der Waals surface area (Å²) in [5.41, 5.74) is 0. The minimum atomic E-state index is -4.12. The molecule has 2 unspecified atom stereocenters. The maximum Gasteiger partial charge on any atom is 0.391 e. The average Bonchev–Trinajstić information content (AvgIpc) is 3.21. The topological polar surface area (TPSA) is 40.6 Å². The molecule has 2 atom stereocenters. The lowest BCUT2D eigenvalue weighted by Crippen LogP contribution is -2.44. The molecule has 2 heterocycles. The van der Waals surface area contributed by atoms with Crippen LogP contribution in [0.5, 0.6) is 0 Å². The number of sulfonamides is 1. The van der Waals surface area contributed by atoms with Crippen molar-refractivity contribution in [1.29, 1.82) is 0 Å². The highest BCUT2D eigenvalue weighted by Crippen LogP contribution is 2.39. The van der Waals surface area contributed by atoms with Gasteiger partial charge in [-0.15, -0.1) is 11.3 Å². The van der Waals surface area contributed by atoms with Crippen molar-refractivity contribution in [2.45, 2.75) is 54.6 Å². The Kier molecular flexibility index (Phi) is 6.40. The molecule has 2 fully saturated rings. The van der Waals surface area contributed by atoms with E-state index in [0.29, 0.717) is 25.9 Å². The van der Waals surface area contributed by atoms with Crippen LogP contribution in [0.1, 0.15) is 32.1 Å². The summed E-state index contributed by atoms with van der Waals surface area (Å²) in [4.78, 5) is 2.08. The van der Waals surface area contributed by atoms with E-state index < -0.39 is 22.1 Å². The Morgan fingerprint density at radius 1 is 1.19 bits per heavy atom. The number of nitrogens with zero attached hydrogens (tertiary/aromatic N) is 2. The summed E-state index contributed by atoms with van der Waals surface area (Å²) in [7, 11) is -2.15. The van der Waals surface area contributed by atoms with Crippen molar-refractivity contribution in [3.63, 3.8) is 0 Å². The number of likely N-dealkylation sites (tertiary alicyclic amines) is 1. The average molecular weight is 465 g/mol. The van der Waals surface area contributed by atoms with Gasteiger partial charge in [0.2, 0.25) is 0 Å². The van der Waals surface area contributed by atoms with Gasteiger partial charge in [0, 0.05) is 19.1 Å². The SMILES string of the molecule is CN(C1CCC(N2CCC(C(F)(F)F)CC2)C1)S(=O)(=O)c1cc(Cl)c(Cl)s1. The quantitative estimate of drug-likeness (QED) is 0.637. The molecule has 1 aliphatic heterocycles. The summed E-state index contributed by atoms with van der Waals surface area (Å²) < 4.78 is 65.8. The highest BCUT2D eigenvalue weighted by Gasteiger charge is 2.43. The van der Waals surface area contributed by atoms with E-state index in [1.807, 2.05) is 0 Å². The summed E-state index contributed by atoms with van der Waals surface area (Å²) in [6.45, 7) is 0.822. The molecule has 3 rings (SSSR count). The summed E-state index contributed by atoms with van der Waals surface area (Å²) in [6, 6.07) is 1.30. The molecule has 0 spiro atoms. The molecule has 1 saturated carbocycles. The molecule has 1 aromatic rings. The van der Waals surface area contributed by atoms with E-state index in [2.05, 4.69) is 4.90 Å². The van der Waals surface area contributed by atoms with Crippen molar-refractivity contribution in [3.8, 4) is 0 Å². The fraction of sp³-hybridized carbons (Fsp3) is 0.750. The minimum Gasteiger partial charge on any atom is -0.300 e. The molecule has 11 heteroatoms. The van der Waals surface area contributed by atoms with E-state index in [4.69, 9.17) is 23.2 Å². The van der Waals surface area contributed by atoms with Crippen LogP contribution in [-0.4, -0.2) is 56.0 Å². The van der Waals surface area contributed by atoms with Gasteiger partial charge < -0.3 is 4.90 Å². The lowest BCUT2D eigenvalue weighted by molar-refractivity contribution is -0.186. The van der Waals surface area contributed by atoms with Gasteiger partial charge in [-0.25, -0.2) is 8.42 Å². The lowest BCUT2D eigenvalue weighted by atomic mass is 9.95. The molecule has 27 heavy (non-hydrogen) atoms. The van der Waals surface area contributed by atoms with Crippen LogP contribution >= 0.6 is 34.5 Å². The highest BCUT2D eigenvalue weighted by atomic mass is 35.5. The first-order valence-corrected chi connectivity index (χ1v) is 11.7. The second-order valence-corrected chi connectivity index (χ2v) is 11.5. The molecule has 1 aromatic heterocycles. The Balaban J connectivity index is 1.61. The molecular weight excluding hydrogens is 444 g/mol. The largest absolute Gasteiger partial charge is 0.391 e. The first kappa shape index (κ1) is 21.6. The van der Waals surface area contributed by atoms with Crippen molar-refractivity contribution < 1.29 is 21.6 Å². The molecular formula is C16H21Cl2F3N2O2S2. The molecule has 0 bridgehead atoms. The lowest BCUT2D eigenvalue weighted by Gasteiger charge is -2.37. The third-order valence-corrected chi connectivity index (χ3v) is 9.88. The zero-order valence-corrected chi connectivity index (χ0v) is 17.8. The number of hydrogen-bond donors (Lipinski definition) is 0. The van der Waals surface area contributed by atoms with Gasteiger partial charge in [0.1, 0.15) is 8.55 Å². The van der Waals surface area contributed by atoms with Crippen molar-refractivity contribution in [2.75, 3.05) is 20.1 Å². The number of halogens is 5. The van der Waals surface area contributed by atoms with Gasteiger partial charge in [-0.3, -0.25) is 0 Å². The minimum absolute atomic E-state index is 0.106. The molecule has 1 saturated heterocycles. The third kappa shape index (κ3) is 4.59. The predicted molar refractivity (Wildman–Crippen MR) is 101 cm³/mol. The van der Waals surface area contributed by atoms with Crippen LogP contribution in [0.15, 0.2) is 10.3 Å². The predicted octanol–water partition coefficient (Wildman–Crippen LogP) is 4.87. The molecule has 1 aliphatic carbocycles. The molecule has 0 radical (unpaired) electrons. The van der Waals surface area contributed by atoms with Gasteiger partial charge in [0.25, 0.3) is 10.0 Å². The van der Waals surface area contributed by atoms with Gasteiger partial charge in [-0.05, 0) is 51.3 Å². The zero-order valence-electron chi connectivity index (χ0n) is 14.7. The van der Waals surface area contributed by atoms with Gasteiger partial charge in [-0.2, -0.15) is 17.5 Å². The van der Waals surface area contributed by atoms with Crippen LogP contribution in [0.2, 0.25) is 9.36 Å². The fourth-order valence-corrected chi connectivity index (χ4v) is 7.44. The molecule has 154 valence electrons. The van der Waals surface area contributed by atoms with Crippen molar-refractivity contribution in [2.24, 2.45) is 5.92 Å².